The maximum Gasteiger partial charge on any atom is 2.00 e. The molecule has 87 heavy (non-hydrogen) atoms. The topological polar surface area (TPSA) is 36.4 Å². The van der Waals surface area contributed by atoms with Crippen LogP contribution >= 0.6 is 0 Å². The first kappa shape index (κ1) is 86.6. The summed E-state index contributed by atoms with van der Waals surface area (Å²) in [6.45, 7) is 25.4. The average molecular weight is 1240 g/mol. The SMILES string of the molecule is CCCCCCCCCCCCCCCCCCCCCCCCCCC=CC(C(=C=[N+]=[N-])CCCCCCCC)=C(c1cc(CCCC)cc(CCCC)c1)c1cc(CCCCCCCC)cc(CCCCCCCC)c1.[CH2-]CCC.[CH2-]CCC.[Ni+2]. The largest absolute Gasteiger partial charge is 2.00 e. The third-order valence-electron chi connectivity index (χ3n) is 17.7. The molecule has 0 saturated heterocycles. The van der Waals surface area contributed by atoms with Crippen LogP contribution in [0.1, 0.15) is 423 Å². The number of allylic oxidation sites excluding steroid dienone is 4. The van der Waals surface area contributed by atoms with Crippen LogP contribution < -0.4 is 0 Å². The number of benzene rings is 2. The molecule has 0 amide bonds. The molecule has 0 unspecified atom stereocenters. The Morgan fingerprint density at radius 2 is 0.598 bits per heavy atom. The van der Waals surface area contributed by atoms with Gasteiger partial charge in [-0.3, -0.25) is 0 Å². The Bertz CT molecular complexity index is 1840. The molecule has 0 fully saturated rings. The van der Waals surface area contributed by atoms with Crippen LogP contribution in [0.25, 0.3) is 11.1 Å². The van der Waals surface area contributed by atoms with Crippen LogP contribution in [-0.4, -0.2) is 10.7 Å². The maximum absolute atomic E-state index is 10.4. The van der Waals surface area contributed by atoms with Gasteiger partial charge in [0.15, 0.2) is 0 Å². The van der Waals surface area contributed by atoms with Gasteiger partial charge in [0.1, 0.15) is 0 Å². The molecule has 504 valence electrons. The van der Waals surface area contributed by atoms with E-state index in [1.807, 2.05) is 0 Å². The second kappa shape index (κ2) is 69.5. The van der Waals surface area contributed by atoms with Gasteiger partial charge in [-0.1, -0.05) is 374 Å². The molecule has 0 aromatic heterocycles. The number of unbranched alkanes of at least 4 members (excludes halogenated alkanes) is 43. The fraction of sp³-hybridized carbons (Fsp3) is 0.762. The van der Waals surface area contributed by atoms with Crippen LogP contribution in [0.5, 0.6) is 0 Å². The van der Waals surface area contributed by atoms with Crippen LogP contribution in [0.2, 0.25) is 0 Å². The summed E-state index contributed by atoms with van der Waals surface area (Å²) < 4.78 is 0. The summed E-state index contributed by atoms with van der Waals surface area (Å²) in [5, 5.41) is 0. The molecule has 0 saturated carbocycles. The smallest absolute Gasteiger partial charge is 0.348 e. The predicted molar refractivity (Wildman–Crippen MR) is 391 cm³/mol. The second-order valence-electron chi connectivity index (χ2n) is 26.3. The fourth-order valence-electron chi connectivity index (χ4n) is 12.0. The number of nitrogens with zero attached hydrogens (tertiary/aromatic N) is 2. The molecule has 0 aliphatic rings. The van der Waals surface area contributed by atoms with Crippen molar-refractivity contribution in [3.63, 3.8) is 0 Å². The summed E-state index contributed by atoms with van der Waals surface area (Å²) in [6.07, 6.45) is 78.2. The molecular weight excluding hydrogens is 1100 g/mol. The molecular formula is C84H148N2Ni. The standard InChI is InChI=1S/C76H130N2.2C4H9.Ni/c1-7-13-19-23-27-28-29-30-31-32-33-34-35-36-37-38-39-40-41-42-43-44-45-46-50-54-60-75(72(67-78-77)59-53-49-26-22-16-10-4)76(73-63-68(55-17-11-5)61-69(64-73)56-18-12-6)74-65-70(57-51-47-24-20-14-8-2)62-71(66-74)58-52-48-25-21-15-9-3;2*1-3-4-2;/h54,60-66H,7-53,55-59H2,1-6H3;2*1,3-4H2,2H3;/q;2*-1;+2. The van der Waals surface area contributed by atoms with E-state index in [1.54, 1.807) is 0 Å². The molecule has 2 rings (SSSR count). The van der Waals surface area contributed by atoms with E-state index in [0.717, 1.165) is 63.4 Å². The minimum atomic E-state index is 0. The first-order valence-corrected chi connectivity index (χ1v) is 38.6. The van der Waals surface area contributed by atoms with E-state index in [-0.39, 0.29) is 16.5 Å². The van der Waals surface area contributed by atoms with Crippen LogP contribution in [0.4, 0.5) is 0 Å². The van der Waals surface area contributed by atoms with E-state index in [2.05, 4.69) is 128 Å². The van der Waals surface area contributed by atoms with Crippen LogP contribution in [0, 0.1) is 13.8 Å². The molecule has 0 heterocycles. The zero-order chi connectivity index (χ0) is 62.9. The predicted octanol–water partition coefficient (Wildman–Crippen LogP) is 29.1. The molecule has 3 heteroatoms. The molecule has 2 aromatic carbocycles. The Morgan fingerprint density at radius 3 is 0.874 bits per heavy atom. The summed E-state index contributed by atoms with van der Waals surface area (Å²) in [5.41, 5.74) is 22.6. The van der Waals surface area contributed by atoms with E-state index in [9.17, 15) is 5.53 Å². The van der Waals surface area contributed by atoms with Gasteiger partial charge in [0, 0.05) is 5.57 Å². The van der Waals surface area contributed by atoms with Gasteiger partial charge in [-0.15, -0.1) is 4.79 Å². The molecule has 2 aromatic rings. The van der Waals surface area contributed by atoms with Crippen molar-refractivity contribution in [2.75, 3.05) is 0 Å². The first-order chi connectivity index (χ1) is 42.4. The monoisotopic (exact) mass is 1240 g/mol. The summed E-state index contributed by atoms with van der Waals surface area (Å²) in [4.78, 5) is 3.74. The fourth-order valence-corrected chi connectivity index (χ4v) is 12.0. The Kier molecular flexibility index (Phi) is 69.2. The normalized spacial score (nSPS) is 11.4. The molecule has 0 spiro atoms. The molecule has 0 atom stereocenters. The van der Waals surface area contributed by atoms with Gasteiger partial charge in [0.2, 0.25) is 0 Å². The molecule has 0 bridgehead atoms. The summed E-state index contributed by atoms with van der Waals surface area (Å²) in [6, 6.07) is 15.3. The van der Waals surface area contributed by atoms with Crippen molar-refractivity contribution in [2.24, 2.45) is 0 Å². The summed E-state index contributed by atoms with van der Waals surface area (Å²) >= 11 is 0. The van der Waals surface area contributed by atoms with Crippen LogP contribution in [0.3, 0.4) is 0 Å². The van der Waals surface area contributed by atoms with Gasteiger partial charge >= 0.3 is 22.4 Å². The van der Waals surface area contributed by atoms with Crippen molar-refractivity contribution in [1.82, 2.24) is 0 Å². The Balaban J connectivity index is 0. The molecule has 0 N–H and O–H groups in total. The van der Waals surface area contributed by atoms with E-state index in [1.165, 1.54) is 346 Å². The Labute approximate surface area is 556 Å². The van der Waals surface area contributed by atoms with E-state index in [4.69, 9.17) is 0 Å². The third kappa shape index (κ3) is 52.9. The van der Waals surface area contributed by atoms with Crippen molar-refractivity contribution in [3.05, 3.63) is 112 Å². The summed E-state index contributed by atoms with van der Waals surface area (Å²) in [7, 11) is 0. The van der Waals surface area contributed by atoms with Crippen molar-refractivity contribution < 1.29 is 21.3 Å². The van der Waals surface area contributed by atoms with Gasteiger partial charge in [-0.05, 0) is 116 Å². The zero-order valence-corrected chi connectivity index (χ0v) is 60.8. The van der Waals surface area contributed by atoms with Crippen LogP contribution in [-0.2, 0) is 42.2 Å². The zero-order valence-electron chi connectivity index (χ0n) is 59.8. The number of aryl methyl sites for hydroxylation is 4. The third-order valence-corrected chi connectivity index (χ3v) is 17.7. The first-order valence-electron chi connectivity index (χ1n) is 38.6. The van der Waals surface area contributed by atoms with Gasteiger partial charge in [-0.2, -0.15) is 12.8 Å². The van der Waals surface area contributed by atoms with Crippen molar-refractivity contribution in [2.45, 2.75) is 415 Å². The van der Waals surface area contributed by atoms with E-state index in [0.29, 0.717) is 0 Å². The van der Waals surface area contributed by atoms with Crippen molar-refractivity contribution in [3.8, 4) is 0 Å². The minimum absolute atomic E-state index is 0. The van der Waals surface area contributed by atoms with Gasteiger partial charge in [-0.25, -0.2) is 0 Å². The Hall–Kier alpha value is -2.43. The quantitative estimate of drug-likeness (QED) is 0.0120. The number of hydrogen-bond donors (Lipinski definition) is 0. The van der Waals surface area contributed by atoms with Gasteiger partial charge in [0.05, 0.1) is 5.57 Å². The average Bonchev–Trinajstić information content (AvgIpc) is 2.50. The number of rotatable bonds is 58. The maximum atomic E-state index is 10.4. The molecule has 2 nitrogen and oxygen atoms in total. The van der Waals surface area contributed by atoms with Gasteiger partial charge in [0.25, 0.3) is 0 Å². The molecule has 0 aliphatic carbocycles. The van der Waals surface area contributed by atoms with Gasteiger partial charge < -0.3 is 19.4 Å². The van der Waals surface area contributed by atoms with Crippen molar-refractivity contribution >= 4 is 11.4 Å². The van der Waals surface area contributed by atoms with Crippen LogP contribution in [0.15, 0.2) is 59.7 Å². The second-order valence-corrected chi connectivity index (χ2v) is 26.3. The Morgan fingerprint density at radius 1 is 0.345 bits per heavy atom. The molecule has 0 radical (unpaired) electrons. The number of hydrogen-bond acceptors (Lipinski definition) is 0. The van der Waals surface area contributed by atoms with E-state index < -0.39 is 0 Å². The summed E-state index contributed by atoms with van der Waals surface area (Å²) in [5.74, 6) is 3.26. The minimum Gasteiger partial charge on any atom is -0.348 e. The van der Waals surface area contributed by atoms with Crippen molar-refractivity contribution in [1.29, 1.82) is 0 Å². The molecule has 0 aliphatic heterocycles. The van der Waals surface area contributed by atoms with E-state index >= 15 is 0 Å².